The van der Waals surface area contributed by atoms with Crippen molar-refractivity contribution in [2.75, 3.05) is 0 Å². The maximum absolute atomic E-state index is 11.4. The lowest BCUT2D eigenvalue weighted by molar-refractivity contribution is 0.0997. The number of aromatic nitrogens is 6. The molecule has 2 aromatic heterocycles. The number of H-pyrrole nitrogens is 2. The topological polar surface area (TPSA) is 126 Å². The zero-order chi connectivity index (χ0) is 14.8. The van der Waals surface area contributed by atoms with E-state index < -0.39 is 5.91 Å². The van der Waals surface area contributed by atoms with Crippen molar-refractivity contribution in [3.8, 4) is 0 Å². The zero-order valence-corrected chi connectivity index (χ0v) is 11.4. The lowest BCUT2D eigenvalue weighted by Gasteiger charge is -2.05. The van der Waals surface area contributed by atoms with Crippen LogP contribution in [0.15, 0.2) is 12.1 Å². The molecule has 1 amide bonds. The van der Waals surface area contributed by atoms with Gasteiger partial charge in [0.05, 0.1) is 5.52 Å². The Balaban J connectivity index is 1.98. The van der Waals surface area contributed by atoms with Crippen LogP contribution < -0.4 is 5.73 Å². The molecule has 0 saturated carbocycles. The van der Waals surface area contributed by atoms with E-state index in [2.05, 4.69) is 36.9 Å². The lowest BCUT2D eigenvalue weighted by atomic mass is 10.00. The molecule has 1 aromatic carbocycles. The molecule has 107 valence electrons. The Labute approximate surface area is 120 Å². The predicted molar refractivity (Wildman–Crippen MR) is 75.3 cm³/mol. The number of nitrogens with one attached hydrogen (secondary N) is 2. The molecule has 3 rings (SSSR count). The van der Waals surface area contributed by atoms with Crippen LogP contribution in [0.4, 0.5) is 0 Å². The third kappa shape index (κ3) is 2.47. The number of carbonyl (C=O) groups excluding carboxylic acids is 1. The molecule has 21 heavy (non-hydrogen) atoms. The summed E-state index contributed by atoms with van der Waals surface area (Å²) in [6.07, 6.45) is 3.35. The summed E-state index contributed by atoms with van der Waals surface area (Å²) in [6.45, 7) is 2.05. The van der Waals surface area contributed by atoms with Gasteiger partial charge < -0.3 is 5.73 Å². The van der Waals surface area contributed by atoms with Gasteiger partial charge in [0, 0.05) is 11.8 Å². The van der Waals surface area contributed by atoms with Gasteiger partial charge in [0.15, 0.2) is 11.5 Å². The van der Waals surface area contributed by atoms with Gasteiger partial charge in [-0.1, -0.05) is 13.0 Å². The smallest absolute Gasteiger partial charge is 0.269 e. The van der Waals surface area contributed by atoms with Crippen molar-refractivity contribution in [2.45, 2.75) is 19.8 Å². The Bertz CT molecular complexity index is 775. The first kappa shape index (κ1) is 13.2. The number of rotatable bonds is 5. The van der Waals surface area contributed by atoms with Gasteiger partial charge in [0.2, 0.25) is 0 Å². The predicted octanol–water partition coefficient (Wildman–Crippen LogP) is 0.532. The Morgan fingerprint density at radius 1 is 1.38 bits per heavy atom. The molecule has 0 saturated heterocycles. The molecule has 4 N–H and O–H groups in total. The fraction of sp³-hybridized carbons (Fsp3) is 0.231. The van der Waals surface area contributed by atoms with Gasteiger partial charge in [-0.05, 0) is 40.5 Å². The van der Waals surface area contributed by atoms with Crippen molar-refractivity contribution in [2.24, 2.45) is 5.73 Å². The van der Waals surface area contributed by atoms with Gasteiger partial charge in [0.1, 0.15) is 0 Å². The zero-order valence-electron chi connectivity index (χ0n) is 11.4. The first-order valence-electron chi connectivity index (χ1n) is 6.55. The second kappa shape index (κ2) is 5.31. The number of nitrogens with two attached hydrogens (primary N) is 1. The van der Waals surface area contributed by atoms with Gasteiger partial charge >= 0.3 is 0 Å². The third-order valence-corrected chi connectivity index (χ3v) is 3.32. The average Bonchev–Trinajstić information content (AvgIpc) is 3.13. The van der Waals surface area contributed by atoms with Crippen molar-refractivity contribution in [1.29, 1.82) is 0 Å². The van der Waals surface area contributed by atoms with Crippen LogP contribution in [-0.4, -0.2) is 36.7 Å². The molecule has 0 aliphatic carbocycles. The summed E-state index contributed by atoms with van der Waals surface area (Å²) in [7, 11) is 0. The third-order valence-electron chi connectivity index (χ3n) is 3.32. The highest BCUT2D eigenvalue weighted by atomic mass is 16.1. The van der Waals surface area contributed by atoms with Crippen molar-refractivity contribution in [1.82, 2.24) is 30.8 Å². The number of carbonyl (C=O) groups is 1. The highest BCUT2D eigenvalue weighted by molar-refractivity contribution is 6.04. The number of hydrogen-bond acceptors (Lipinski definition) is 5. The van der Waals surface area contributed by atoms with E-state index in [1.807, 2.05) is 19.4 Å². The van der Waals surface area contributed by atoms with Gasteiger partial charge in [0.25, 0.3) is 5.91 Å². The normalized spacial score (nSPS) is 11.1. The van der Waals surface area contributed by atoms with E-state index in [9.17, 15) is 4.79 Å². The minimum absolute atomic E-state index is 0.267. The van der Waals surface area contributed by atoms with E-state index in [1.54, 1.807) is 0 Å². The molecule has 1 radical (unpaired) electrons. The summed E-state index contributed by atoms with van der Waals surface area (Å²) >= 11 is 0. The first-order chi connectivity index (χ1) is 10.2. The number of benzene rings is 1. The molecular weight excluding hydrogens is 270 g/mol. The van der Waals surface area contributed by atoms with Crippen molar-refractivity contribution < 1.29 is 4.79 Å². The van der Waals surface area contributed by atoms with Crippen LogP contribution >= 0.6 is 0 Å². The molecule has 3 aromatic rings. The largest absolute Gasteiger partial charge is 0.364 e. The van der Waals surface area contributed by atoms with E-state index in [4.69, 9.17) is 5.73 Å². The fourth-order valence-corrected chi connectivity index (χ4v) is 2.31. The van der Waals surface area contributed by atoms with E-state index in [-0.39, 0.29) is 5.69 Å². The number of fused-ring (bicyclic) bond motifs is 1. The van der Waals surface area contributed by atoms with Crippen molar-refractivity contribution in [3.63, 3.8) is 0 Å². The number of aromatic amines is 2. The maximum Gasteiger partial charge on any atom is 0.269 e. The van der Waals surface area contributed by atoms with Gasteiger partial charge in [-0.2, -0.15) is 5.10 Å². The molecule has 8 heteroatoms. The van der Waals surface area contributed by atoms with E-state index in [0.717, 1.165) is 28.5 Å². The SMILES string of the molecule is CCc1cc(C[CH]c2nnn[nH]2)cc2c(C(N)=O)n[nH]c12. The standard InChI is InChI=1S/C13H14N7O/c1-2-8-5-7(3-4-10-15-19-20-16-10)6-9-11(8)17-18-12(9)13(14)21/h4-6H,2-3H2,1H3,(H2,14,21)(H,17,18)(H,15,16,19,20). The second-order valence-electron chi connectivity index (χ2n) is 4.66. The quantitative estimate of drug-likeness (QED) is 0.630. The molecule has 0 spiro atoms. The van der Waals surface area contributed by atoms with Crippen molar-refractivity contribution in [3.05, 3.63) is 41.2 Å². The molecule has 0 fully saturated rings. The molecule has 0 aliphatic rings. The van der Waals surface area contributed by atoms with Crippen LogP contribution in [0, 0.1) is 6.42 Å². The second-order valence-corrected chi connectivity index (χ2v) is 4.66. The molecule has 0 bridgehead atoms. The summed E-state index contributed by atoms with van der Waals surface area (Å²) < 4.78 is 0. The summed E-state index contributed by atoms with van der Waals surface area (Å²) in [5, 5.41) is 21.2. The Morgan fingerprint density at radius 3 is 2.90 bits per heavy atom. The monoisotopic (exact) mass is 284 g/mol. The maximum atomic E-state index is 11.4. The number of tetrazole rings is 1. The summed E-state index contributed by atoms with van der Waals surface area (Å²) in [5.74, 6) is 0.0688. The number of amides is 1. The van der Waals surface area contributed by atoms with E-state index in [1.165, 1.54) is 0 Å². The number of hydrogen-bond donors (Lipinski definition) is 3. The molecule has 0 atom stereocenters. The Kier molecular flexibility index (Phi) is 3.35. The minimum Gasteiger partial charge on any atom is -0.364 e. The number of primary amides is 1. The summed E-state index contributed by atoms with van der Waals surface area (Å²) in [5.41, 5.74) is 8.61. The minimum atomic E-state index is -0.538. The van der Waals surface area contributed by atoms with Crippen LogP contribution in [0.2, 0.25) is 0 Å². The van der Waals surface area contributed by atoms with Crippen LogP contribution in [-0.2, 0) is 12.8 Å². The number of aryl methyl sites for hydroxylation is 1. The van der Waals surface area contributed by atoms with Gasteiger partial charge in [-0.3, -0.25) is 9.89 Å². The first-order valence-corrected chi connectivity index (χ1v) is 6.55. The fourth-order valence-electron chi connectivity index (χ4n) is 2.31. The highest BCUT2D eigenvalue weighted by Gasteiger charge is 2.14. The number of nitrogens with zero attached hydrogens (tertiary/aromatic N) is 4. The van der Waals surface area contributed by atoms with Crippen LogP contribution in [0.1, 0.15) is 34.4 Å². The summed E-state index contributed by atoms with van der Waals surface area (Å²) in [4.78, 5) is 11.4. The van der Waals surface area contributed by atoms with Crippen LogP contribution in [0.3, 0.4) is 0 Å². The summed E-state index contributed by atoms with van der Waals surface area (Å²) in [6, 6.07) is 3.99. The van der Waals surface area contributed by atoms with E-state index >= 15 is 0 Å². The Morgan fingerprint density at radius 2 is 2.24 bits per heavy atom. The Hall–Kier alpha value is -2.77. The molecule has 8 nitrogen and oxygen atoms in total. The van der Waals surface area contributed by atoms with Crippen LogP contribution in [0.5, 0.6) is 0 Å². The molecule has 2 heterocycles. The molecular formula is C13H14N7O. The van der Waals surface area contributed by atoms with E-state index in [0.29, 0.717) is 12.2 Å². The highest BCUT2D eigenvalue weighted by Crippen LogP contribution is 2.23. The van der Waals surface area contributed by atoms with Gasteiger partial charge in [-0.25, -0.2) is 5.10 Å². The molecule has 0 unspecified atom stereocenters. The van der Waals surface area contributed by atoms with Crippen molar-refractivity contribution >= 4 is 16.8 Å². The van der Waals surface area contributed by atoms with Crippen LogP contribution in [0.25, 0.3) is 10.9 Å². The lowest BCUT2D eigenvalue weighted by Crippen LogP contribution is -2.11. The average molecular weight is 284 g/mol. The van der Waals surface area contributed by atoms with Gasteiger partial charge in [-0.15, -0.1) is 5.10 Å². The molecule has 0 aliphatic heterocycles.